The van der Waals surface area contributed by atoms with Crippen LogP contribution in [0.3, 0.4) is 0 Å². The van der Waals surface area contributed by atoms with Crippen LogP contribution in [0.25, 0.3) is 0 Å². The molecule has 0 radical (unpaired) electrons. The van der Waals surface area contributed by atoms with Gasteiger partial charge in [-0.1, -0.05) is 43.2 Å². The Morgan fingerprint density at radius 1 is 0.839 bits per heavy atom. The van der Waals surface area contributed by atoms with Gasteiger partial charge in [0.15, 0.2) is 0 Å². The third-order valence-corrected chi connectivity index (χ3v) is 7.14. The molecule has 1 aliphatic heterocycles. The van der Waals surface area contributed by atoms with Gasteiger partial charge in [0.05, 0.1) is 11.3 Å². The summed E-state index contributed by atoms with van der Waals surface area (Å²) < 4.78 is 27.2. The largest absolute Gasteiger partial charge is 0.355 e. The summed E-state index contributed by atoms with van der Waals surface area (Å²) in [6.07, 6.45) is 4.29. The lowest BCUT2D eigenvalue weighted by molar-refractivity contribution is -0.120. The van der Waals surface area contributed by atoms with Crippen molar-refractivity contribution in [1.82, 2.24) is 9.62 Å². The molecule has 2 N–H and O–H groups in total. The average molecular weight is 444 g/mol. The van der Waals surface area contributed by atoms with E-state index in [1.807, 2.05) is 30.3 Å². The molecule has 0 spiro atoms. The van der Waals surface area contributed by atoms with Crippen molar-refractivity contribution in [3.05, 3.63) is 60.2 Å². The summed E-state index contributed by atoms with van der Waals surface area (Å²) in [5.74, 6) is -0.384. The lowest BCUT2D eigenvalue weighted by atomic mass is 10.1. The van der Waals surface area contributed by atoms with Gasteiger partial charge in [-0.2, -0.15) is 4.31 Å². The van der Waals surface area contributed by atoms with Crippen molar-refractivity contribution in [3.63, 3.8) is 0 Å². The first kappa shape index (κ1) is 23.0. The number of rotatable bonds is 8. The first-order valence-corrected chi connectivity index (χ1v) is 12.1. The smallest absolute Gasteiger partial charge is 0.243 e. The van der Waals surface area contributed by atoms with Gasteiger partial charge in [0.1, 0.15) is 0 Å². The molecule has 1 saturated heterocycles. The third kappa shape index (κ3) is 6.90. The van der Waals surface area contributed by atoms with E-state index >= 15 is 0 Å². The normalized spacial score (nSPS) is 15.1. The predicted molar refractivity (Wildman–Crippen MR) is 120 cm³/mol. The van der Waals surface area contributed by atoms with Gasteiger partial charge in [0.25, 0.3) is 0 Å². The lowest BCUT2D eigenvalue weighted by Crippen LogP contribution is -2.31. The molecule has 0 aliphatic carbocycles. The van der Waals surface area contributed by atoms with E-state index in [-0.39, 0.29) is 36.1 Å². The van der Waals surface area contributed by atoms with Crippen LogP contribution < -0.4 is 10.6 Å². The topological polar surface area (TPSA) is 95.6 Å². The number of benzene rings is 2. The molecule has 1 aliphatic rings. The molecule has 0 unspecified atom stereocenters. The zero-order valence-electron chi connectivity index (χ0n) is 17.5. The van der Waals surface area contributed by atoms with Gasteiger partial charge < -0.3 is 10.6 Å². The Hall–Kier alpha value is -2.71. The molecule has 2 aromatic rings. The average Bonchev–Trinajstić information content (AvgIpc) is 3.05. The maximum absolute atomic E-state index is 12.8. The van der Waals surface area contributed by atoms with Crippen LogP contribution in [0.15, 0.2) is 59.5 Å². The van der Waals surface area contributed by atoms with Crippen molar-refractivity contribution in [2.75, 3.05) is 25.0 Å². The molecule has 2 aromatic carbocycles. The van der Waals surface area contributed by atoms with Gasteiger partial charge in [0, 0.05) is 31.7 Å². The van der Waals surface area contributed by atoms with Crippen LogP contribution in [-0.2, 0) is 26.0 Å². The van der Waals surface area contributed by atoms with E-state index in [1.165, 1.54) is 12.1 Å². The summed E-state index contributed by atoms with van der Waals surface area (Å²) in [6.45, 7) is 1.34. The number of carbonyl (C=O) groups excluding carboxylic acids is 2. The van der Waals surface area contributed by atoms with Crippen molar-refractivity contribution < 1.29 is 18.0 Å². The Bertz CT molecular complexity index is 968. The first-order chi connectivity index (χ1) is 14.9. The van der Waals surface area contributed by atoms with E-state index in [4.69, 9.17) is 0 Å². The molecule has 1 fully saturated rings. The van der Waals surface area contributed by atoms with Crippen molar-refractivity contribution >= 4 is 27.5 Å². The molecule has 0 saturated carbocycles. The number of anilines is 1. The minimum Gasteiger partial charge on any atom is -0.355 e. The van der Waals surface area contributed by atoms with Crippen LogP contribution >= 0.6 is 0 Å². The summed E-state index contributed by atoms with van der Waals surface area (Å²) in [5.41, 5.74) is 1.44. The molecule has 0 bridgehead atoms. The second kappa shape index (κ2) is 11.1. The van der Waals surface area contributed by atoms with Crippen molar-refractivity contribution in [1.29, 1.82) is 0 Å². The standard InChI is InChI=1S/C23H29N3O4S/c27-22(14-15-24-23(28)18-19-8-4-3-5-9-19)25-20-10-12-21(13-11-20)31(29,30)26-16-6-1-2-7-17-26/h3-5,8-13H,1-2,6-7,14-18H2,(H,24,28)(H,25,27). The van der Waals surface area contributed by atoms with Gasteiger partial charge in [-0.15, -0.1) is 0 Å². The van der Waals surface area contributed by atoms with Gasteiger partial charge in [-0.05, 0) is 42.7 Å². The van der Waals surface area contributed by atoms with E-state index in [9.17, 15) is 18.0 Å². The predicted octanol–water partition coefficient (Wildman–Crippen LogP) is 2.94. The fourth-order valence-electron chi connectivity index (χ4n) is 3.52. The minimum atomic E-state index is -3.51. The Morgan fingerprint density at radius 2 is 1.48 bits per heavy atom. The van der Waals surface area contributed by atoms with Crippen LogP contribution in [0.4, 0.5) is 5.69 Å². The van der Waals surface area contributed by atoms with E-state index in [0.717, 1.165) is 31.2 Å². The van der Waals surface area contributed by atoms with Gasteiger partial charge >= 0.3 is 0 Å². The van der Waals surface area contributed by atoms with Crippen molar-refractivity contribution in [2.45, 2.75) is 43.4 Å². The Labute approximate surface area is 183 Å². The number of hydrogen-bond acceptors (Lipinski definition) is 4. The monoisotopic (exact) mass is 443 g/mol. The molecule has 2 amide bonds. The van der Waals surface area contributed by atoms with Crippen LogP contribution in [0.5, 0.6) is 0 Å². The second-order valence-corrected chi connectivity index (χ2v) is 9.59. The maximum Gasteiger partial charge on any atom is 0.243 e. The SMILES string of the molecule is O=C(Cc1ccccc1)NCCC(=O)Nc1ccc(S(=O)(=O)N2CCCCCC2)cc1. The van der Waals surface area contributed by atoms with Crippen LogP contribution in [0.1, 0.15) is 37.7 Å². The highest BCUT2D eigenvalue weighted by Gasteiger charge is 2.24. The summed E-state index contributed by atoms with van der Waals surface area (Å²) in [7, 11) is -3.51. The molecule has 3 rings (SSSR count). The van der Waals surface area contributed by atoms with E-state index < -0.39 is 10.0 Å². The highest BCUT2D eigenvalue weighted by molar-refractivity contribution is 7.89. The molecule has 7 nitrogen and oxygen atoms in total. The minimum absolute atomic E-state index is 0.133. The number of nitrogens with zero attached hydrogens (tertiary/aromatic N) is 1. The summed E-state index contributed by atoms with van der Waals surface area (Å²) in [4.78, 5) is 24.3. The van der Waals surface area contributed by atoms with E-state index in [0.29, 0.717) is 18.8 Å². The number of amides is 2. The molecule has 1 heterocycles. The number of sulfonamides is 1. The fraction of sp³-hybridized carbons (Fsp3) is 0.391. The zero-order chi connectivity index (χ0) is 22.1. The van der Waals surface area contributed by atoms with Crippen LogP contribution in [-0.4, -0.2) is 44.2 Å². The van der Waals surface area contributed by atoms with Gasteiger partial charge in [-0.25, -0.2) is 8.42 Å². The molecule has 8 heteroatoms. The second-order valence-electron chi connectivity index (χ2n) is 7.65. The third-order valence-electron chi connectivity index (χ3n) is 5.22. The zero-order valence-corrected chi connectivity index (χ0v) is 18.4. The first-order valence-electron chi connectivity index (χ1n) is 10.7. The fourth-order valence-corrected chi connectivity index (χ4v) is 5.04. The van der Waals surface area contributed by atoms with Crippen LogP contribution in [0, 0.1) is 0 Å². The number of nitrogens with one attached hydrogen (secondary N) is 2. The molecular formula is C23H29N3O4S. The van der Waals surface area contributed by atoms with Crippen LogP contribution in [0.2, 0.25) is 0 Å². The molecular weight excluding hydrogens is 414 g/mol. The summed E-state index contributed by atoms with van der Waals surface area (Å²) in [5, 5.41) is 5.47. The lowest BCUT2D eigenvalue weighted by Gasteiger charge is -2.20. The van der Waals surface area contributed by atoms with Gasteiger partial charge in [-0.3, -0.25) is 9.59 Å². The Kier molecular flexibility index (Phi) is 8.20. The molecule has 31 heavy (non-hydrogen) atoms. The van der Waals surface area contributed by atoms with E-state index in [1.54, 1.807) is 16.4 Å². The van der Waals surface area contributed by atoms with Gasteiger partial charge in [0.2, 0.25) is 21.8 Å². The number of hydrogen-bond donors (Lipinski definition) is 2. The quantitative estimate of drug-likeness (QED) is 0.656. The maximum atomic E-state index is 12.8. The molecule has 166 valence electrons. The Balaban J connectivity index is 1.45. The van der Waals surface area contributed by atoms with E-state index in [2.05, 4.69) is 10.6 Å². The highest BCUT2D eigenvalue weighted by Crippen LogP contribution is 2.21. The number of carbonyl (C=O) groups is 2. The molecule has 0 atom stereocenters. The highest BCUT2D eigenvalue weighted by atomic mass is 32.2. The Morgan fingerprint density at radius 3 is 2.13 bits per heavy atom. The van der Waals surface area contributed by atoms with Crippen molar-refractivity contribution in [2.24, 2.45) is 0 Å². The van der Waals surface area contributed by atoms with Crippen molar-refractivity contribution in [3.8, 4) is 0 Å². The summed E-state index contributed by atoms with van der Waals surface area (Å²) in [6, 6.07) is 15.6. The molecule has 0 aromatic heterocycles. The summed E-state index contributed by atoms with van der Waals surface area (Å²) >= 11 is 0.